The molecule has 1 N–H and O–H groups in total. The number of amides is 1. The van der Waals surface area contributed by atoms with Gasteiger partial charge < -0.3 is 10.1 Å². The van der Waals surface area contributed by atoms with Gasteiger partial charge in [0.05, 0.1) is 25.1 Å². The van der Waals surface area contributed by atoms with Gasteiger partial charge >= 0.3 is 0 Å². The van der Waals surface area contributed by atoms with Crippen molar-refractivity contribution < 1.29 is 17.9 Å². The maximum Gasteiger partial charge on any atom is 0.251 e. The van der Waals surface area contributed by atoms with Crippen molar-refractivity contribution in [2.24, 2.45) is 0 Å². The molecule has 0 aromatic heterocycles. The van der Waals surface area contributed by atoms with Crippen molar-refractivity contribution in [3.63, 3.8) is 0 Å². The summed E-state index contributed by atoms with van der Waals surface area (Å²) in [6.07, 6.45) is 1.17. The van der Waals surface area contributed by atoms with Crippen molar-refractivity contribution in [2.75, 3.05) is 17.2 Å². The number of nitrogens with zero attached hydrogens (tertiary/aromatic N) is 1. The molecule has 6 nitrogen and oxygen atoms in total. The molecular weight excluding hydrogens is 448 g/mol. The summed E-state index contributed by atoms with van der Waals surface area (Å²) in [7, 11) is -3.51. The van der Waals surface area contributed by atoms with Gasteiger partial charge in [-0.05, 0) is 60.5 Å². The summed E-state index contributed by atoms with van der Waals surface area (Å²) < 4.78 is 31.5. The molecule has 168 valence electrons. The van der Waals surface area contributed by atoms with E-state index in [-0.39, 0.29) is 12.5 Å². The number of hydrogen-bond donors (Lipinski definition) is 1. The third kappa shape index (κ3) is 6.24. The van der Waals surface area contributed by atoms with Crippen LogP contribution in [0, 0.1) is 0 Å². The van der Waals surface area contributed by atoms with Crippen LogP contribution in [-0.4, -0.2) is 27.2 Å². The van der Waals surface area contributed by atoms with E-state index in [1.165, 1.54) is 10.6 Å². The Labute approximate surface area is 193 Å². The summed E-state index contributed by atoms with van der Waals surface area (Å²) in [5, 5.41) is 3.44. The Hall–Kier alpha value is -3.03. The lowest BCUT2D eigenvalue weighted by Crippen LogP contribution is -2.29. The third-order valence-corrected chi connectivity index (χ3v) is 6.28. The lowest BCUT2D eigenvalue weighted by molar-refractivity contribution is 0.0951. The normalized spacial score (nSPS) is 11.1. The highest BCUT2D eigenvalue weighted by molar-refractivity contribution is 7.92. The first-order valence-electron chi connectivity index (χ1n) is 10.1. The molecule has 8 heteroatoms. The van der Waals surface area contributed by atoms with Gasteiger partial charge in [-0.3, -0.25) is 9.10 Å². The highest BCUT2D eigenvalue weighted by Crippen LogP contribution is 2.24. The number of carbonyl (C=O) groups is 1. The molecule has 3 rings (SSSR count). The maximum absolute atomic E-state index is 12.5. The summed E-state index contributed by atoms with van der Waals surface area (Å²) in [5.41, 5.74) is 2.61. The van der Waals surface area contributed by atoms with Crippen molar-refractivity contribution >= 4 is 33.2 Å². The van der Waals surface area contributed by atoms with Crippen LogP contribution in [0.2, 0.25) is 5.02 Å². The second-order valence-corrected chi connectivity index (χ2v) is 9.48. The van der Waals surface area contributed by atoms with Crippen LogP contribution in [0.3, 0.4) is 0 Å². The fraction of sp³-hybridized carbons (Fsp3) is 0.208. The molecule has 1 amide bonds. The van der Waals surface area contributed by atoms with Crippen LogP contribution < -0.4 is 14.4 Å². The highest BCUT2D eigenvalue weighted by Gasteiger charge is 2.18. The first-order chi connectivity index (χ1) is 15.3. The average Bonchev–Trinajstić information content (AvgIpc) is 2.77. The number of ether oxygens (including phenoxy) is 1. The molecule has 0 aliphatic carbocycles. The Morgan fingerprint density at radius 1 is 1.00 bits per heavy atom. The van der Waals surface area contributed by atoms with E-state index >= 15 is 0 Å². The Kier molecular flexibility index (Phi) is 7.77. The molecule has 0 saturated heterocycles. The molecular formula is C24H25ClN2O4S. The Morgan fingerprint density at radius 3 is 2.25 bits per heavy atom. The number of halogens is 1. The van der Waals surface area contributed by atoms with Crippen LogP contribution in [0.25, 0.3) is 0 Å². The third-order valence-electron chi connectivity index (χ3n) is 4.78. The summed E-state index contributed by atoms with van der Waals surface area (Å²) in [6.45, 7) is 2.89. The SMILES string of the molecule is CCOc1ccc(N(Cc2ccc(C(=O)NCc3ccccc3Cl)cc2)S(C)(=O)=O)cc1. The van der Waals surface area contributed by atoms with Crippen LogP contribution in [-0.2, 0) is 23.1 Å². The van der Waals surface area contributed by atoms with Crippen LogP contribution in [0.1, 0.15) is 28.4 Å². The number of sulfonamides is 1. The molecule has 0 aliphatic heterocycles. The number of benzene rings is 3. The van der Waals surface area contributed by atoms with Crippen molar-refractivity contribution in [3.8, 4) is 5.75 Å². The van der Waals surface area contributed by atoms with Crippen molar-refractivity contribution in [3.05, 3.63) is 94.5 Å². The average molecular weight is 473 g/mol. The molecule has 0 aliphatic rings. The molecule has 0 bridgehead atoms. The van der Waals surface area contributed by atoms with Gasteiger partial charge in [-0.25, -0.2) is 8.42 Å². The van der Waals surface area contributed by atoms with Crippen LogP contribution in [0.15, 0.2) is 72.8 Å². The van der Waals surface area contributed by atoms with Crippen molar-refractivity contribution in [2.45, 2.75) is 20.0 Å². The first-order valence-corrected chi connectivity index (χ1v) is 12.3. The van der Waals surface area contributed by atoms with Gasteiger partial charge in [0.25, 0.3) is 5.91 Å². The van der Waals surface area contributed by atoms with E-state index in [1.54, 1.807) is 54.6 Å². The smallest absolute Gasteiger partial charge is 0.251 e. The summed E-state index contributed by atoms with van der Waals surface area (Å²) >= 11 is 6.12. The molecule has 3 aromatic carbocycles. The van der Waals surface area contributed by atoms with E-state index in [4.69, 9.17) is 16.3 Å². The molecule has 32 heavy (non-hydrogen) atoms. The number of hydrogen-bond acceptors (Lipinski definition) is 4. The second-order valence-electron chi connectivity index (χ2n) is 7.17. The molecule has 0 fully saturated rings. The van der Waals surface area contributed by atoms with Crippen molar-refractivity contribution in [1.82, 2.24) is 5.32 Å². The summed E-state index contributed by atoms with van der Waals surface area (Å²) in [6, 6.07) is 21.1. The standard InChI is InChI=1S/C24H25ClN2O4S/c1-3-31-22-14-12-21(13-15-22)27(32(2,29)30)17-18-8-10-19(11-9-18)24(28)26-16-20-6-4-5-7-23(20)25/h4-15H,3,16-17H2,1-2H3,(H,26,28). The van der Waals surface area contributed by atoms with Gasteiger partial charge in [0.2, 0.25) is 10.0 Å². The number of nitrogens with one attached hydrogen (secondary N) is 1. The first kappa shape index (κ1) is 23.6. The van der Waals surface area contributed by atoms with E-state index in [0.29, 0.717) is 35.2 Å². The highest BCUT2D eigenvalue weighted by atomic mass is 35.5. The number of carbonyl (C=O) groups excluding carboxylic acids is 1. The quantitative estimate of drug-likeness (QED) is 0.492. The maximum atomic E-state index is 12.5. The van der Waals surface area contributed by atoms with Crippen LogP contribution >= 0.6 is 11.6 Å². The predicted molar refractivity (Wildman–Crippen MR) is 128 cm³/mol. The molecule has 0 saturated carbocycles. The van der Waals surface area contributed by atoms with Gasteiger partial charge in [-0.1, -0.05) is 41.9 Å². The minimum absolute atomic E-state index is 0.147. The van der Waals surface area contributed by atoms with Crippen molar-refractivity contribution in [1.29, 1.82) is 0 Å². The topological polar surface area (TPSA) is 75.7 Å². The largest absolute Gasteiger partial charge is 0.494 e. The summed E-state index contributed by atoms with van der Waals surface area (Å²) in [5.74, 6) is 0.444. The monoisotopic (exact) mass is 472 g/mol. The minimum atomic E-state index is -3.51. The van der Waals surface area contributed by atoms with E-state index < -0.39 is 10.0 Å². The van der Waals surface area contributed by atoms with Crippen LogP contribution in [0.5, 0.6) is 5.75 Å². The molecule has 0 heterocycles. The lowest BCUT2D eigenvalue weighted by atomic mass is 10.1. The van der Waals surface area contributed by atoms with Gasteiger partial charge in [-0.15, -0.1) is 0 Å². The van der Waals surface area contributed by atoms with E-state index in [2.05, 4.69) is 5.32 Å². The van der Waals surface area contributed by atoms with Gasteiger partial charge in [0.1, 0.15) is 5.75 Å². The van der Waals surface area contributed by atoms with Crippen LogP contribution in [0.4, 0.5) is 5.69 Å². The zero-order chi connectivity index (χ0) is 23.1. The van der Waals surface area contributed by atoms with E-state index in [1.807, 2.05) is 25.1 Å². The number of rotatable bonds is 9. The molecule has 0 atom stereocenters. The summed E-state index contributed by atoms with van der Waals surface area (Å²) in [4.78, 5) is 12.5. The Morgan fingerprint density at radius 2 is 1.66 bits per heavy atom. The van der Waals surface area contributed by atoms with E-state index in [0.717, 1.165) is 11.1 Å². The lowest BCUT2D eigenvalue weighted by Gasteiger charge is -2.23. The van der Waals surface area contributed by atoms with Gasteiger partial charge in [-0.2, -0.15) is 0 Å². The molecule has 3 aromatic rings. The van der Waals surface area contributed by atoms with E-state index in [9.17, 15) is 13.2 Å². The predicted octanol–water partition coefficient (Wildman–Crippen LogP) is 4.63. The fourth-order valence-corrected chi connectivity index (χ4v) is 4.21. The Balaban J connectivity index is 1.69. The van der Waals surface area contributed by atoms with Gasteiger partial charge in [0.15, 0.2) is 0 Å². The minimum Gasteiger partial charge on any atom is -0.494 e. The number of anilines is 1. The molecule has 0 radical (unpaired) electrons. The van der Waals surface area contributed by atoms with Gasteiger partial charge in [0, 0.05) is 17.1 Å². The fourth-order valence-electron chi connectivity index (χ4n) is 3.12. The Bertz CT molecular complexity index is 1160. The molecule has 0 spiro atoms. The second kappa shape index (κ2) is 10.5. The zero-order valence-electron chi connectivity index (χ0n) is 17.9. The zero-order valence-corrected chi connectivity index (χ0v) is 19.5. The molecule has 0 unspecified atom stereocenters.